The van der Waals surface area contributed by atoms with Gasteiger partial charge in [-0.25, -0.2) is 4.39 Å². The molecule has 1 aromatic heterocycles. The lowest BCUT2D eigenvalue weighted by Gasteiger charge is -2.25. The van der Waals surface area contributed by atoms with E-state index >= 15 is 0 Å². The van der Waals surface area contributed by atoms with Crippen LogP contribution in [0, 0.1) is 19.7 Å². The second kappa shape index (κ2) is 7.55. The summed E-state index contributed by atoms with van der Waals surface area (Å²) >= 11 is 0. The van der Waals surface area contributed by atoms with Crippen molar-refractivity contribution in [3.63, 3.8) is 0 Å². The third kappa shape index (κ3) is 3.20. The molecule has 1 saturated heterocycles. The van der Waals surface area contributed by atoms with Crippen LogP contribution in [0.5, 0.6) is 0 Å². The Morgan fingerprint density at radius 2 is 1.89 bits per heavy atom. The number of Topliss-reactive ketones (excluding diaryl/α,β-unsaturated/α-hetero) is 1. The number of benzene rings is 1. The van der Waals surface area contributed by atoms with Crippen LogP contribution in [0.2, 0.25) is 0 Å². The van der Waals surface area contributed by atoms with Gasteiger partial charge < -0.3 is 14.7 Å². The lowest BCUT2D eigenvalue weighted by Crippen LogP contribution is -2.32. The van der Waals surface area contributed by atoms with Crippen molar-refractivity contribution >= 4 is 17.4 Å². The highest BCUT2D eigenvalue weighted by Gasteiger charge is 2.46. The minimum absolute atomic E-state index is 0.0353. The van der Waals surface area contributed by atoms with E-state index in [0.717, 1.165) is 0 Å². The standard InChI is InChI=1S/C20H22FN3O4/c1-11-15(12(2)23(3)22-11)18(25)16-17(13-5-7-14(21)8-6-13)24(9-10-28-4)20(27)19(16)26/h5-8,17,25H,9-10H2,1-4H3/b18-16+. The number of likely N-dealkylation sites (tertiary alicyclic amines) is 1. The molecule has 0 spiro atoms. The molecule has 1 unspecified atom stereocenters. The molecule has 0 saturated carbocycles. The van der Waals surface area contributed by atoms with Crippen LogP contribution < -0.4 is 0 Å². The Labute approximate surface area is 162 Å². The molecule has 1 aromatic carbocycles. The molecule has 1 atom stereocenters. The van der Waals surface area contributed by atoms with Gasteiger partial charge >= 0.3 is 0 Å². The maximum Gasteiger partial charge on any atom is 0.295 e. The molecule has 1 amide bonds. The normalized spacial score (nSPS) is 18.9. The predicted molar refractivity (Wildman–Crippen MR) is 100.0 cm³/mol. The highest BCUT2D eigenvalue weighted by molar-refractivity contribution is 6.46. The number of aromatic nitrogens is 2. The van der Waals surface area contributed by atoms with Crippen LogP contribution in [0.4, 0.5) is 4.39 Å². The fraction of sp³-hybridized carbons (Fsp3) is 0.350. The fourth-order valence-electron chi connectivity index (χ4n) is 3.54. The number of ketones is 1. The molecule has 7 nitrogen and oxygen atoms in total. The summed E-state index contributed by atoms with van der Waals surface area (Å²) in [7, 11) is 3.22. The number of halogens is 1. The maximum absolute atomic E-state index is 13.4. The number of hydrogen-bond acceptors (Lipinski definition) is 5. The van der Waals surface area contributed by atoms with Crippen molar-refractivity contribution < 1.29 is 23.8 Å². The van der Waals surface area contributed by atoms with E-state index < -0.39 is 23.5 Å². The number of carbonyl (C=O) groups excluding carboxylic acids is 2. The van der Waals surface area contributed by atoms with Gasteiger partial charge in [-0.05, 0) is 31.5 Å². The van der Waals surface area contributed by atoms with Crippen molar-refractivity contribution in [2.24, 2.45) is 7.05 Å². The largest absolute Gasteiger partial charge is 0.507 e. The lowest BCUT2D eigenvalue weighted by molar-refractivity contribution is -0.140. The molecule has 2 aromatic rings. The van der Waals surface area contributed by atoms with Crippen LogP contribution in [0.15, 0.2) is 29.8 Å². The number of carbonyl (C=O) groups is 2. The first kappa shape index (κ1) is 19.8. The van der Waals surface area contributed by atoms with Gasteiger partial charge in [0.1, 0.15) is 11.6 Å². The first-order valence-electron chi connectivity index (χ1n) is 8.81. The molecule has 0 aliphatic carbocycles. The van der Waals surface area contributed by atoms with E-state index in [1.807, 2.05) is 0 Å². The van der Waals surface area contributed by atoms with Gasteiger partial charge in [0.2, 0.25) is 0 Å². The third-order valence-electron chi connectivity index (χ3n) is 5.01. The summed E-state index contributed by atoms with van der Waals surface area (Å²) in [6, 6.07) is 4.68. The Hall–Kier alpha value is -3.00. The van der Waals surface area contributed by atoms with Gasteiger partial charge in [0.25, 0.3) is 11.7 Å². The highest BCUT2D eigenvalue weighted by atomic mass is 19.1. The first-order chi connectivity index (χ1) is 13.3. The van der Waals surface area contributed by atoms with Gasteiger partial charge in [0.05, 0.1) is 29.5 Å². The number of amides is 1. The zero-order chi connectivity index (χ0) is 20.6. The van der Waals surface area contributed by atoms with Gasteiger partial charge in [0.15, 0.2) is 0 Å². The lowest BCUT2D eigenvalue weighted by atomic mass is 9.94. The monoisotopic (exact) mass is 387 g/mol. The molecule has 8 heteroatoms. The Balaban J connectivity index is 2.22. The van der Waals surface area contributed by atoms with Crippen molar-refractivity contribution in [2.75, 3.05) is 20.3 Å². The first-order valence-corrected chi connectivity index (χ1v) is 8.81. The molecule has 28 heavy (non-hydrogen) atoms. The van der Waals surface area contributed by atoms with Gasteiger partial charge in [-0.3, -0.25) is 14.3 Å². The van der Waals surface area contributed by atoms with Crippen molar-refractivity contribution in [1.82, 2.24) is 14.7 Å². The summed E-state index contributed by atoms with van der Waals surface area (Å²) in [6.07, 6.45) is 0. The van der Waals surface area contributed by atoms with Crippen LogP contribution >= 0.6 is 0 Å². The van der Waals surface area contributed by atoms with Crippen LogP contribution in [0.3, 0.4) is 0 Å². The fourth-order valence-corrected chi connectivity index (χ4v) is 3.54. The Morgan fingerprint density at radius 1 is 1.25 bits per heavy atom. The second-order valence-electron chi connectivity index (χ2n) is 6.71. The second-order valence-corrected chi connectivity index (χ2v) is 6.71. The van der Waals surface area contributed by atoms with E-state index in [1.165, 1.54) is 36.3 Å². The van der Waals surface area contributed by atoms with E-state index in [1.54, 1.807) is 25.6 Å². The SMILES string of the molecule is COCCN1C(=O)C(=O)/C(=C(/O)c2c(C)nn(C)c2C)C1c1ccc(F)cc1. The molecule has 3 rings (SSSR count). The van der Waals surface area contributed by atoms with Crippen molar-refractivity contribution in [3.05, 3.63) is 58.2 Å². The molecule has 1 N–H and O–H groups in total. The molecule has 0 bridgehead atoms. The van der Waals surface area contributed by atoms with E-state index in [2.05, 4.69) is 5.10 Å². The van der Waals surface area contributed by atoms with Crippen LogP contribution in [-0.2, 0) is 21.4 Å². The summed E-state index contributed by atoms with van der Waals surface area (Å²) < 4.78 is 20.1. The topological polar surface area (TPSA) is 84.7 Å². The van der Waals surface area contributed by atoms with Gasteiger partial charge in [-0.1, -0.05) is 12.1 Å². The van der Waals surface area contributed by atoms with Crippen molar-refractivity contribution in [3.8, 4) is 0 Å². The zero-order valence-corrected chi connectivity index (χ0v) is 16.2. The molecule has 2 heterocycles. The summed E-state index contributed by atoms with van der Waals surface area (Å²) in [4.78, 5) is 26.8. The van der Waals surface area contributed by atoms with E-state index in [0.29, 0.717) is 22.5 Å². The summed E-state index contributed by atoms with van der Waals surface area (Å²) in [5.41, 5.74) is 2.11. The van der Waals surface area contributed by atoms with Crippen LogP contribution in [0.1, 0.15) is 28.6 Å². The number of methoxy groups -OCH3 is 1. The van der Waals surface area contributed by atoms with Crippen molar-refractivity contribution in [1.29, 1.82) is 0 Å². The van der Waals surface area contributed by atoms with Crippen LogP contribution in [0.25, 0.3) is 5.76 Å². The molecular weight excluding hydrogens is 365 g/mol. The zero-order valence-electron chi connectivity index (χ0n) is 16.2. The molecule has 148 valence electrons. The number of nitrogens with zero attached hydrogens (tertiary/aromatic N) is 3. The summed E-state index contributed by atoms with van der Waals surface area (Å²) in [6.45, 7) is 3.86. The van der Waals surface area contributed by atoms with Gasteiger partial charge in [0, 0.05) is 26.4 Å². The molecular formula is C20H22FN3O4. The third-order valence-corrected chi connectivity index (χ3v) is 5.01. The molecule has 0 radical (unpaired) electrons. The number of aliphatic hydroxyl groups excluding tert-OH is 1. The van der Waals surface area contributed by atoms with E-state index in [4.69, 9.17) is 4.74 Å². The predicted octanol–water partition coefficient (Wildman–Crippen LogP) is 2.24. The quantitative estimate of drug-likeness (QED) is 0.483. The smallest absolute Gasteiger partial charge is 0.295 e. The summed E-state index contributed by atoms with van der Waals surface area (Å²) in [5, 5.41) is 15.3. The van der Waals surface area contributed by atoms with E-state index in [9.17, 15) is 19.1 Å². The van der Waals surface area contributed by atoms with Crippen LogP contribution in [-0.4, -0.2) is 51.7 Å². The molecule has 1 aliphatic rings. The van der Waals surface area contributed by atoms with Gasteiger partial charge in [-0.2, -0.15) is 5.10 Å². The number of aliphatic hydroxyl groups is 1. The van der Waals surface area contributed by atoms with Gasteiger partial charge in [-0.15, -0.1) is 0 Å². The maximum atomic E-state index is 13.4. The van der Waals surface area contributed by atoms with Crippen molar-refractivity contribution in [2.45, 2.75) is 19.9 Å². The Kier molecular flexibility index (Phi) is 5.33. The number of ether oxygens (including phenoxy) is 1. The average molecular weight is 387 g/mol. The average Bonchev–Trinajstić information content (AvgIpc) is 3.06. The number of rotatable bonds is 5. The minimum atomic E-state index is -0.838. The molecule has 1 fully saturated rings. The summed E-state index contributed by atoms with van der Waals surface area (Å²) in [5.74, 6) is -2.23. The molecule has 1 aliphatic heterocycles. The van der Waals surface area contributed by atoms with E-state index in [-0.39, 0.29) is 24.5 Å². The number of hydrogen-bond donors (Lipinski definition) is 1. The Bertz CT molecular complexity index is 963. The Morgan fingerprint density at radius 3 is 2.43 bits per heavy atom. The minimum Gasteiger partial charge on any atom is -0.507 e. The number of aryl methyl sites for hydroxylation is 2. The highest BCUT2D eigenvalue weighted by Crippen LogP contribution is 2.40.